The molecule has 1 fully saturated rings. The average Bonchev–Trinajstić information content (AvgIpc) is 2.82. The van der Waals surface area contributed by atoms with Gasteiger partial charge in [0.15, 0.2) is 0 Å². The molecule has 0 saturated carbocycles. The maximum atomic E-state index is 12.3. The molecular formula is C13H15F3N2O3. The van der Waals surface area contributed by atoms with Gasteiger partial charge in [0.2, 0.25) is 0 Å². The third-order valence-corrected chi connectivity index (χ3v) is 3.03. The van der Waals surface area contributed by atoms with E-state index in [2.05, 4.69) is 4.74 Å². The second-order valence-corrected chi connectivity index (χ2v) is 4.70. The van der Waals surface area contributed by atoms with Gasteiger partial charge in [-0.1, -0.05) is 18.2 Å². The summed E-state index contributed by atoms with van der Waals surface area (Å²) in [5.74, 6) is -0.379. The lowest BCUT2D eigenvalue weighted by Gasteiger charge is -2.17. The van der Waals surface area contributed by atoms with E-state index in [1.807, 2.05) is 0 Å². The van der Waals surface area contributed by atoms with Crippen LogP contribution >= 0.6 is 0 Å². The van der Waals surface area contributed by atoms with Gasteiger partial charge in [-0.3, -0.25) is 0 Å². The Morgan fingerprint density at radius 3 is 2.71 bits per heavy atom. The quantitative estimate of drug-likeness (QED) is 0.930. The number of ether oxygens (including phenoxy) is 2. The van der Waals surface area contributed by atoms with Crippen LogP contribution in [0.15, 0.2) is 24.3 Å². The normalized spacial score (nSPS) is 18.7. The van der Waals surface area contributed by atoms with Crippen molar-refractivity contribution in [3.8, 4) is 5.75 Å². The van der Waals surface area contributed by atoms with Gasteiger partial charge in [0.25, 0.3) is 0 Å². The van der Waals surface area contributed by atoms with Crippen LogP contribution in [0.3, 0.4) is 0 Å². The van der Waals surface area contributed by atoms with Crippen LogP contribution in [-0.2, 0) is 11.3 Å². The highest BCUT2D eigenvalue weighted by Gasteiger charge is 2.32. The highest BCUT2D eigenvalue weighted by atomic mass is 19.4. The smallest absolute Gasteiger partial charge is 0.444 e. The third kappa shape index (κ3) is 4.52. The number of alkyl halides is 3. The lowest BCUT2D eigenvalue weighted by Crippen LogP contribution is -2.32. The van der Waals surface area contributed by atoms with Crippen LogP contribution in [0.25, 0.3) is 0 Å². The second-order valence-electron chi connectivity index (χ2n) is 4.70. The van der Waals surface area contributed by atoms with E-state index >= 15 is 0 Å². The predicted molar refractivity (Wildman–Crippen MR) is 67.5 cm³/mol. The van der Waals surface area contributed by atoms with Gasteiger partial charge in [-0.15, -0.1) is 13.2 Å². The van der Waals surface area contributed by atoms with Crippen LogP contribution in [0, 0.1) is 0 Å². The largest absolute Gasteiger partial charge is 0.573 e. The third-order valence-electron chi connectivity index (χ3n) is 3.03. The molecule has 21 heavy (non-hydrogen) atoms. The van der Waals surface area contributed by atoms with Gasteiger partial charge in [0, 0.05) is 24.7 Å². The standard InChI is InChI=1S/C13H15F3N2O3/c14-13(15,16)21-11-4-2-1-3-9(11)8-20-12(19)18-6-5-10(17)7-18/h1-4,10H,5-8,17H2. The summed E-state index contributed by atoms with van der Waals surface area (Å²) < 4.78 is 45.7. The molecule has 116 valence electrons. The Bertz CT molecular complexity index is 508. The number of carbonyl (C=O) groups excluding carboxylic acids is 1. The minimum atomic E-state index is -4.79. The first-order valence-corrected chi connectivity index (χ1v) is 6.36. The van der Waals surface area contributed by atoms with Crippen molar-refractivity contribution in [2.75, 3.05) is 13.1 Å². The number of carbonyl (C=O) groups is 1. The summed E-state index contributed by atoms with van der Waals surface area (Å²) in [5.41, 5.74) is 5.81. The van der Waals surface area contributed by atoms with Gasteiger partial charge in [-0.05, 0) is 12.5 Å². The first kappa shape index (κ1) is 15.4. The molecule has 1 atom stereocenters. The van der Waals surface area contributed by atoms with Crippen molar-refractivity contribution in [1.29, 1.82) is 0 Å². The molecule has 1 saturated heterocycles. The van der Waals surface area contributed by atoms with Gasteiger partial charge in [0.1, 0.15) is 12.4 Å². The van der Waals surface area contributed by atoms with E-state index in [0.717, 1.165) is 0 Å². The number of halogens is 3. The first-order valence-electron chi connectivity index (χ1n) is 6.36. The Morgan fingerprint density at radius 1 is 1.38 bits per heavy atom. The Kier molecular flexibility index (Phi) is 4.56. The van der Waals surface area contributed by atoms with Gasteiger partial charge in [-0.25, -0.2) is 4.79 Å². The second kappa shape index (κ2) is 6.21. The Labute approximate surface area is 119 Å². The molecule has 0 spiro atoms. The van der Waals surface area contributed by atoms with E-state index in [0.29, 0.717) is 19.5 Å². The number of amides is 1. The Morgan fingerprint density at radius 2 is 2.10 bits per heavy atom. The van der Waals surface area contributed by atoms with Gasteiger partial charge < -0.3 is 20.1 Å². The highest BCUT2D eigenvalue weighted by Crippen LogP contribution is 2.26. The predicted octanol–water partition coefficient (Wildman–Crippen LogP) is 2.25. The number of hydrogen-bond donors (Lipinski definition) is 1. The minimum absolute atomic E-state index is 0.0848. The summed E-state index contributed by atoms with van der Waals surface area (Å²) >= 11 is 0. The molecule has 1 unspecified atom stereocenters. The molecule has 2 N–H and O–H groups in total. The van der Waals surface area contributed by atoms with E-state index in [1.165, 1.54) is 29.2 Å². The zero-order valence-corrected chi connectivity index (χ0v) is 11.1. The summed E-state index contributed by atoms with van der Waals surface area (Å²) in [6.45, 7) is 0.580. The van der Waals surface area contributed by atoms with Crippen molar-refractivity contribution in [3.05, 3.63) is 29.8 Å². The fourth-order valence-electron chi connectivity index (χ4n) is 2.03. The van der Waals surface area contributed by atoms with Crippen LogP contribution in [0.2, 0.25) is 0 Å². The van der Waals surface area contributed by atoms with Crippen LogP contribution in [0.1, 0.15) is 12.0 Å². The van der Waals surface area contributed by atoms with Crippen molar-refractivity contribution >= 4 is 6.09 Å². The zero-order valence-electron chi connectivity index (χ0n) is 11.1. The molecule has 0 aromatic heterocycles. The molecule has 0 radical (unpaired) electrons. The summed E-state index contributed by atoms with van der Waals surface area (Å²) in [7, 11) is 0. The molecule has 8 heteroatoms. The summed E-state index contributed by atoms with van der Waals surface area (Å²) in [4.78, 5) is 13.2. The van der Waals surface area contributed by atoms with E-state index in [4.69, 9.17) is 10.5 Å². The molecule has 1 aliphatic heterocycles. The van der Waals surface area contributed by atoms with Crippen LogP contribution in [0.5, 0.6) is 5.75 Å². The Balaban J connectivity index is 1.95. The van der Waals surface area contributed by atoms with E-state index in [9.17, 15) is 18.0 Å². The number of nitrogens with zero attached hydrogens (tertiary/aromatic N) is 1. The number of likely N-dealkylation sites (tertiary alicyclic amines) is 1. The monoisotopic (exact) mass is 304 g/mol. The lowest BCUT2D eigenvalue weighted by atomic mass is 10.2. The number of benzene rings is 1. The van der Waals surface area contributed by atoms with Crippen molar-refractivity contribution in [3.63, 3.8) is 0 Å². The van der Waals surface area contributed by atoms with Gasteiger partial charge >= 0.3 is 12.5 Å². The van der Waals surface area contributed by atoms with Crippen molar-refractivity contribution in [2.45, 2.75) is 25.4 Å². The molecule has 1 aromatic rings. The fraction of sp³-hybridized carbons (Fsp3) is 0.462. The van der Waals surface area contributed by atoms with Crippen molar-refractivity contribution in [1.82, 2.24) is 4.90 Å². The van der Waals surface area contributed by atoms with E-state index in [-0.39, 0.29) is 24.0 Å². The number of para-hydroxylation sites is 1. The molecule has 2 rings (SSSR count). The molecular weight excluding hydrogens is 289 g/mol. The maximum Gasteiger partial charge on any atom is 0.573 e. The molecule has 1 aromatic carbocycles. The molecule has 0 aliphatic carbocycles. The highest BCUT2D eigenvalue weighted by molar-refractivity contribution is 5.68. The number of rotatable bonds is 3. The van der Waals surface area contributed by atoms with Crippen molar-refractivity contribution in [2.24, 2.45) is 5.73 Å². The molecule has 5 nitrogen and oxygen atoms in total. The number of hydrogen-bond acceptors (Lipinski definition) is 4. The molecule has 1 heterocycles. The first-order chi connectivity index (χ1) is 9.85. The summed E-state index contributed by atoms with van der Waals surface area (Å²) in [5, 5.41) is 0. The van der Waals surface area contributed by atoms with Gasteiger partial charge in [0.05, 0.1) is 0 Å². The summed E-state index contributed by atoms with van der Waals surface area (Å²) in [6.07, 6.45) is -4.70. The zero-order chi connectivity index (χ0) is 15.5. The molecule has 1 amide bonds. The molecule has 1 aliphatic rings. The minimum Gasteiger partial charge on any atom is -0.444 e. The Hall–Kier alpha value is -1.96. The maximum absolute atomic E-state index is 12.3. The van der Waals surface area contributed by atoms with Gasteiger partial charge in [-0.2, -0.15) is 0 Å². The number of nitrogens with two attached hydrogens (primary N) is 1. The summed E-state index contributed by atoms with van der Waals surface area (Å²) in [6, 6.07) is 5.44. The average molecular weight is 304 g/mol. The van der Waals surface area contributed by atoms with E-state index in [1.54, 1.807) is 0 Å². The van der Waals surface area contributed by atoms with Crippen LogP contribution in [-0.4, -0.2) is 36.5 Å². The lowest BCUT2D eigenvalue weighted by molar-refractivity contribution is -0.275. The SMILES string of the molecule is NC1CCN(C(=O)OCc2ccccc2OC(F)(F)F)C1. The van der Waals surface area contributed by atoms with E-state index < -0.39 is 12.5 Å². The van der Waals surface area contributed by atoms with Crippen LogP contribution < -0.4 is 10.5 Å². The molecule has 0 bridgehead atoms. The van der Waals surface area contributed by atoms with Crippen molar-refractivity contribution < 1.29 is 27.4 Å². The van der Waals surface area contributed by atoms with Crippen LogP contribution in [0.4, 0.5) is 18.0 Å². The fourth-order valence-corrected chi connectivity index (χ4v) is 2.03. The topological polar surface area (TPSA) is 64.8 Å².